The van der Waals surface area contributed by atoms with Gasteiger partial charge in [0.15, 0.2) is 0 Å². The van der Waals surface area contributed by atoms with E-state index in [4.69, 9.17) is 4.74 Å². The fourth-order valence-corrected chi connectivity index (χ4v) is 2.54. The molecule has 2 amide bonds. The minimum absolute atomic E-state index is 0.0821. The number of para-hydroxylation sites is 1. The van der Waals surface area contributed by atoms with Gasteiger partial charge in [0.1, 0.15) is 5.75 Å². The Balaban J connectivity index is 1.91. The summed E-state index contributed by atoms with van der Waals surface area (Å²) < 4.78 is 5.27. The van der Waals surface area contributed by atoms with Gasteiger partial charge in [-0.05, 0) is 25.1 Å². The fraction of sp³-hybridized carbons (Fsp3) is 0.300. The molecule has 2 rings (SSSR count). The first-order chi connectivity index (χ1) is 12.0. The molecule has 0 radical (unpaired) electrons. The molecule has 0 fully saturated rings. The van der Waals surface area contributed by atoms with Gasteiger partial charge in [-0.25, -0.2) is 0 Å². The number of benzene rings is 2. The average Bonchev–Trinajstić information content (AvgIpc) is 2.61. The van der Waals surface area contributed by atoms with E-state index in [9.17, 15) is 9.59 Å². The van der Waals surface area contributed by atoms with E-state index in [2.05, 4.69) is 5.32 Å². The summed E-state index contributed by atoms with van der Waals surface area (Å²) >= 11 is 0. The van der Waals surface area contributed by atoms with E-state index >= 15 is 0 Å². The van der Waals surface area contributed by atoms with Crippen LogP contribution in [0.1, 0.15) is 24.5 Å². The summed E-state index contributed by atoms with van der Waals surface area (Å²) in [5.41, 5.74) is 2.85. The number of anilines is 1. The molecule has 0 aliphatic carbocycles. The third-order valence-electron chi connectivity index (χ3n) is 3.96. The van der Waals surface area contributed by atoms with Crippen molar-refractivity contribution in [1.82, 2.24) is 5.32 Å². The predicted molar refractivity (Wildman–Crippen MR) is 98.7 cm³/mol. The fourth-order valence-electron chi connectivity index (χ4n) is 2.54. The molecule has 5 nitrogen and oxygen atoms in total. The predicted octanol–water partition coefficient (Wildman–Crippen LogP) is 3.06. The number of aryl methyl sites for hydroxylation is 1. The molecule has 0 aromatic heterocycles. The quantitative estimate of drug-likeness (QED) is 0.843. The zero-order chi connectivity index (χ0) is 18.2. The highest BCUT2D eigenvalue weighted by molar-refractivity contribution is 5.92. The molecule has 0 bridgehead atoms. The topological polar surface area (TPSA) is 58.6 Å². The van der Waals surface area contributed by atoms with Crippen LogP contribution in [0.2, 0.25) is 0 Å². The van der Waals surface area contributed by atoms with Crippen molar-refractivity contribution in [3.63, 3.8) is 0 Å². The van der Waals surface area contributed by atoms with Crippen LogP contribution in [0.15, 0.2) is 48.5 Å². The van der Waals surface area contributed by atoms with Gasteiger partial charge in [0.25, 0.3) is 0 Å². The first kappa shape index (κ1) is 18.5. The summed E-state index contributed by atoms with van der Waals surface area (Å²) in [6.07, 6.45) is 0.239. The molecule has 0 aliphatic heterocycles. The molecular formula is C20H24N2O3. The second kappa shape index (κ2) is 8.87. The summed E-state index contributed by atoms with van der Waals surface area (Å²) in [5, 5.41) is 2.87. The second-order valence-corrected chi connectivity index (χ2v) is 5.84. The maximum Gasteiger partial charge on any atom is 0.223 e. The van der Waals surface area contributed by atoms with E-state index in [0.717, 1.165) is 22.6 Å². The van der Waals surface area contributed by atoms with Crippen molar-refractivity contribution in [3.8, 4) is 5.75 Å². The lowest BCUT2D eigenvalue weighted by molar-refractivity contribution is -0.121. The monoisotopic (exact) mass is 340 g/mol. The van der Waals surface area contributed by atoms with Crippen molar-refractivity contribution in [2.24, 2.45) is 0 Å². The van der Waals surface area contributed by atoms with Crippen LogP contribution < -0.4 is 15.0 Å². The Hall–Kier alpha value is -2.82. The molecule has 132 valence electrons. The SMILES string of the molecule is COc1ccccc1CNC(=O)CCN(C(C)=O)c1ccc(C)cc1. The Labute approximate surface area is 148 Å². The molecule has 25 heavy (non-hydrogen) atoms. The van der Waals surface area contributed by atoms with Crippen LogP contribution in [0.3, 0.4) is 0 Å². The molecule has 0 aliphatic rings. The summed E-state index contributed by atoms with van der Waals surface area (Å²) in [7, 11) is 1.60. The number of hydrogen-bond acceptors (Lipinski definition) is 3. The van der Waals surface area contributed by atoms with Crippen LogP contribution >= 0.6 is 0 Å². The van der Waals surface area contributed by atoms with Crippen molar-refractivity contribution < 1.29 is 14.3 Å². The molecule has 0 heterocycles. The molecule has 0 saturated carbocycles. The maximum absolute atomic E-state index is 12.1. The van der Waals surface area contributed by atoms with Gasteiger partial charge in [-0.3, -0.25) is 9.59 Å². The normalized spacial score (nSPS) is 10.2. The van der Waals surface area contributed by atoms with Gasteiger partial charge in [-0.2, -0.15) is 0 Å². The van der Waals surface area contributed by atoms with Crippen molar-refractivity contribution in [1.29, 1.82) is 0 Å². The van der Waals surface area contributed by atoms with E-state index in [1.807, 2.05) is 55.5 Å². The third-order valence-corrected chi connectivity index (χ3v) is 3.96. The zero-order valence-electron chi connectivity index (χ0n) is 14.9. The van der Waals surface area contributed by atoms with Crippen LogP contribution in [-0.4, -0.2) is 25.5 Å². The standard InChI is InChI=1S/C20H24N2O3/c1-15-8-10-18(11-9-15)22(16(2)23)13-12-20(24)21-14-17-6-4-5-7-19(17)25-3/h4-11H,12-14H2,1-3H3,(H,21,24). The zero-order valence-corrected chi connectivity index (χ0v) is 14.9. The number of rotatable bonds is 7. The smallest absolute Gasteiger partial charge is 0.223 e. The number of methoxy groups -OCH3 is 1. The first-order valence-electron chi connectivity index (χ1n) is 8.24. The highest BCUT2D eigenvalue weighted by Crippen LogP contribution is 2.17. The Morgan fingerprint density at radius 3 is 2.40 bits per heavy atom. The van der Waals surface area contributed by atoms with Crippen LogP contribution in [0.5, 0.6) is 5.75 Å². The van der Waals surface area contributed by atoms with E-state index in [-0.39, 0.29) is 18.2 Å². The van der Waals surface area contributed by atoms with E-state index in [1.165, 1.54) is 6.92 Å². The number of nitrogens with one attached hydrogen (secondary N) is 1. The lowest BCUT2D eigenvalue weighted by atomic mass is 10.2. The average molecular weight is 340 g/mol. The van der Waals surface area contributed by atoms with Gasteiger partial charge in [-0.1, -0.05) is 35.9 Å². The molecule has 0 saturated heterocycles. The number of carbonyl (C=O) groups is 2. The van der Waals surface area contributed by atoms with E-state index in [1.54, 1.807) is 12.0 Å². The number of hydrogen-bond donors (Lipinski definition) is 1. The Morgan fingerprint density at radius 2 is 1.76 bits per heavy atom. The van der Waals surface area contributed by atoms with Crippen LogP contribution in [-0.2, 0) is 16.1 Å². The molecule has 0 atom stereocenters. The van der Waals surface area contributed by atoms with Gasteiger partial charge in [0, 0.05) is 37.7 Å². The lowest BCUT2D eigenvalue weighted by Crippen LogP contribution is -2.33. The van der Waals surface area contributed by atoms with Gasteiger partial charge >= 0.3 is 0 Å². The summed E-state index contributed by atoms with van der Waals surface area (Å²) in [6, 6.07) is 15.2. The van der Waals surface area contributed by atoms with Gasteiger partial charge in [0.05, 0.1) is 7.11 Å². The van der Waals surface area contributed by atoms with Crippen molar-refractivity contribution in [2.75, 3.05) is 18.6 Å². The minimum Gasteiger partial charge on any atom is -0.496 e. The molecule has 1 N–H and O–H groups in total. The maximum atomic E-state index is 12.1. The molecule has 2 aromatic carbocycles. The van der Waals surface area contributed by atoms with Gasteiger partial charge in [-0.15, -0.1) is 0 Å². The molecule has 5 heteroatoms. The van der Waals surface area contributed by atoms with E-state index < -0.39 is 0 Å². The minimum atomic E-state index is -0.107. The van der Waals surface area contributed by atoms with E-state index in [0.29, 0.717) is 13.1 Å². The number of amides is 2. The number of nitrogens with zero attached hydrogens (tertiary/aromatic N) is 1. The molecular weight excluding hydrogens is 316 g/mol. The summed E-state index contributed by atoms with van der Waals surface area (Å²) in [4.78, 5) is 25.6. The lowest BCUT2D eigenvalue weighted by Gasteiger charge is -2.21. The van der Waals surface area contributed by atoms with Crippen LogP contribution in [0.4, 0.5) is 5.69 Å². The summed E-state index contributed by atoms with van der Waals surface area (Å²) in [5.74, 6) is 0.554. The van der Waals surface area contributed by atoms with Crippen LogP contribution in [0.25, 0.3) is 0 Å². The summed E-state index contributed by atoms with van der Waals surface area (Å²) in [6.45, 7) is 4.24. The highest BCUT2D eigenvalue weighted by atomic mass is 16.5. The number of carbonyl (C=O) groups excluding carboxylic acids is 2. The van der Waals surface area contributed by atoms with Crippen molar-refractivity contribution in [2.45, 2.75) is 26.8 Å². The Bertz CT molecular complexity index is 726. The second-order valence-electron chi connectivity index (χ2n) is 5.84. The van der Waals surface area contributed by atoms with Crippen LogP contribution in [0, 0.1) is 6.92 Å². The van der Waals surface area contributed by atoms with Gasteiger partial charge in [0.2, 0.25) is 11.8 Å². The van der Waals surface area contributed by atoms with Crippen molar-refractivity contribution >= 4 is 17.5 Å². The van der Waals surface area contributed by atoms with Crippen molar-refractivity contribution in [3.05, 3.63) is 59.7 Å². The molecule has 0 spiro atoms. The first-order valence-corrected chi connectivity index (χ1v) is 8.24. The Morgan fingerprint density at radius 1 is 1.08 bits per heavy atom. The Kier molecular flexibility index (Phi) is 6.57. The number of ether oxygens (including phenoxy) is 1. The largest absolute Gasteiger partial charge is 0.496 e. The molecule has 0 unspecified atom stereocenters. The highest BCUT2D eigenvalue weighted by Gasteiger charge is 2.13. The molecule has 2 aromatic rings. The third kappa shape index (κ3) is 5.35. The van der Waals surface area contributed by atoms with Gasteiger partial charge < -0.3 is 15.0 Å².